The lowest BCUT2D eigenvalue weighted by Gasteiger charge is -2.29. The molecule has 1 fully saturated rings. The van der Waals surface area contributed by atoms with Crippen molar-refractivity contribution in [3.8, 4) is 0 Å². The lowest BCUT2D eigenvalue weighted by molar-refractivity contribution is 0.0264. The largest absolute Gasteiger partial charge is 0.444 e. The van der Waals surface area contributed by atoms with Gasteiger partial charge >= 0.3 is 6.09 Å². The topological polar surface area (TPSA) is 53.9 Å². The first-order valence-electron chi connectivity index (χ1n) is 10.2. The Morgan fingerprint density at radius 3 is 2.41 bits per heavy atom. The number of likely N-dealkylation sites (tertiary alicyclic amines) is 1. The van der Waals surface area contributed by atoms with Crippen molar-refractivity contribution in [2.24, 2.45) is 4.99 Å². The van der Waals surface area contributed by atoms with E-state index in [9.17, 15) is 4.79 Å². The van der Waals surface area contributed by atoms with Gasteiger partial charge in [-0.15, -0.1) is 0 Å². The Labute approximate surface area is 176 Å². The van der Waals surface area contributed by atoms with Crippen molar-refractivity contribution >= 4 is 11.9 Å². The van der Waals surface area contributed by atoms with E-state index < -0.39 is 5.60 Å². The van der Waals surface area contributed by atoms with E-state index in [1.54, 1.807) is 11.9 Å². The van der Waals surface area contributed by atoms with E-state index in [1.807, 2.05) is 39.8 Å². The molecule has 29 heavy (non-hydrogen) atoms. The first-order chi connectivity index (χ1) is 13.5. The van der Waals surface area contributed by atoms with Crippen molar-refractivity contribution in [1.82, 2.24) is 10.2 Å². The second kappa shape index (κ2) is 10.8. The standard InChI is InChI=1S/C24H37N3O2/c1-10-12-17(2)18(3)14-15-19(4)20(5)26-22(25-9)21-13-11-16-27(21)23(28)29-24(6,7)8/h12,14-15,21H,3-5,10-11,13,16H2,1-2,6-9H3,(H,25,26)/b15-14-,17-12+. The van der Waals surface area contributed by atoms with Gasteiger partial charge in [0.05, 0.1) is 6.04 Å². The molecule has 0 saturated carbocycles. The zero-order valence-electron chi connectivity index (χ0n) is 19.0. The van der Waals surface area contributed by atoms with Crippen LogP contribution < -0.4 is 5.32 Å². The molecule has 0 spiro atoms. The maximum Gasteiger partial charge on any atom is 0.410 e. The number of nitrogens with one attached hydrogen (secondary N) is 1. The van der Waals surface area contributed by atoms with Gasteiger partial charge < -0.3 is 10.1 Å². The monoisotopic (exact) mass is 399 g/mol. The van der Waals surface area contributed by atoms with Crippen molar-refractivity contribution in [2.45, 2.75) is 65.5 Å². The lowest BCUT2D eigenvalue weighted by atomic mass is 10.1. The first kappa shape index (κ1) is 24.5. The van der Waals surface area contributed by atoms with Crippen molar-refractivity contribution in [2.75, 3.05) is 13.6 Å². The second-order valence-electron chi connectivity index (χ2n) is 8.22. The Balaban J connectivity index is 2.80. The van der Waals surface area contributed by atoms with Crippen LogP contribution in [0, 0.1) is 0 Å². The molecule has 1 saturated heterocycles. The molecular formula is C24H37N3O2. The second-order valence-corrected chi connectivity index (χ2v) is 8.22. The normalized spacial score (nSPS) is 18.1. The summed E-state index contributed by atoms with van der Waals surface area (Å²) in [4.78, 5) is 18.7. The molecule has 160 valence electrons. The summed E-state index contributed by atoms with van der Waals surface area (Å²) in [5.74, 6) is 0.689. The number of carbonyl (C=O) groups excluding carboxylic acids is 1. The Morgan fingerprint density at radius 1 is 1.24 bits per heavy atom. The summed E-state index contributed by atoms with van der Waals surface area (Å²) in [5.41, 5.74) is 2.93. The molecule has 5 nitrogen and oxygen atoms in total. The van der Waals surface area contributed by atoms with Gasteiger partial charge in [-0.25, -0.2) is 4.79 Å². The number of allylic oxidation sites excluding steroid dienone is 5. The highest BCUT2D eigenvalue weighted by Gasteiger charge is 2.35. The maximum atomic E-state index is 12.6. The predicted molar refractivity (Wildman–Crippen MR) is 123 cm³/mol. The number of ether oxygens (including phenoxy) is 1. The Morgan fingerprint density at radius 2 is 1.86 bits per heavy atom. The molecule has 0 aliphatic carbocycles. The Bertz CT molecular complexity index is 736. The zero-order valence-corrected chi connectivity index (χ0v) is 19.0. The van der Waals surface area contributed by atoms with E-state index in [2.05, 4.69) is 43.0 Å². The van der Waals surface area contributed by atoms with E-state index in [-0.39, 0.29) is 12.1 Å². The average molecular weight is 400 g/mol. The van der Waals surface area contributed by atoms with Gasteiger partial charge in [0.2, 0.25) is 0 Å². The van der Waals surface area contributed by atoms with Gasteiger partial charge in [0, 0.05) is 19.3 Å². The summed E-state index contributed by atoms with van der Waals surface area (Å²) in [7, 11) is 1.71. The van der Waals surface area contributed by atoms with E-state index in [0.29, 0.717) is 18.1 Å². The number of amides is 1. The molecule has 0 radical (unpaired) electrons. The van der Waals surface area contributed by atoms with Crippen LogP contribution in [0.3, 0.4) is 0 Å². The molecule has 5 heteroatoms. The zero-order chi connectivity index (χ0) is 22.2. The Kier molecular flexibility index (Phi) is 9.15. The molecule has 1 aliphatic heterocycles. The molecule has 0 aromatic heterocycles. The minimum absolute atomic E-state index is 0.159. The number of aliphatic imine (C=N–C) groups is 1. The molecule has 1 N–H and O–H groups in total. The highest BCUT2D eigenvalue weighted by Crippen LogP contribution is 2.22. The fraction of sp³-hybridized carbons (Fsp3) is 0.500. The summed E-state index contributed by atoms with van der Waals surface area (Å²) < 4.78 is 5.54. The van der Waals surface area contributed by atoms with Gasteiger partial charge in [0.25, 0.3) is 0 Å². The number of rotatable bonds is 7. The van der Waals surface area contributed by atoms with E-state index in [4.69, 9.17) is 4.74 Å². The van der Waals surface area contributed by atoms with Crippen LogP contribution in [-0.4, -0.2) is 42.1 Å². The Hall–Kier alpha value is -2.56. The third-order valence-corrected chi connectivity index (χ3v) is 4.61. The molecule has 1 atom stereocenters. The molecule has 1 amide bonds. The van der Waals surface area contributed by atoms with E-state index >= 15 is 0 Å². The molecule has 0 aromatic rings. The number of hydrogen-bond donors (Lipinski definition) is 1. The number of amidine groups is 1. The fourth-order valence-corrected chi connectivity index (χ4v) is 2.98. The van der Waals surface area contributed by atoms with Crippen LogP contribution in [0.5, 0.6) is 0 Å². The van der Waals surface area contributed by atoms with Gasteiger partial charge in [-0.2, -0.15) is 0 Å². The third kappa shape index (κ3) is 7.76. The van der Waals surface area contributed by atoms with Gasteiger partial charge in [-0.05, 0) is 63.7 Å². The van der Waals surface area contributed by atoms with Crippen LogP contribution in [0.25, 0.3) is 0 Å². The highest BCUT2D eigenvalue weighted by molar-refractivity contribution is 5.92. The lowest BCUT2D eigenvalue weighted by Crippen LogP contribution is -2.47. The SMILES string of the molecule is C=C(/C=C\C(=C)/C(C)=C/CC)C(=C)NC(=NC)C1CCCN1C(=O)OC(C)(C)C. The molecule has 1 rings (SSSR count). The number of carbonyl (C=O) groups is 1. The molecule has 0 aromatic carbocycles. The highest BCUT2D eigenvalue weighted by atomic mass is 16.6. The van der Waals surface area contributed by atoms with E-state index in [1.165, 1.54) is 0 Å². The van der Waals surface area contributed by atoms with Crippen LogP contribution in [0.15, 0.2) is 65.4 Å². The molecule has 1 unspecified atom stereocenters. The fourth-order valence-electron chi connectivity index (χ4n) is 2.98. The molecular weight excluding hydrogens is 362 g/mol. The molecule has 0 bridgehead atoms. The smallest absolute Gasteiger partial charge is 0.410 e. The first-order valence-corrected chi connectivity index (χ1v) is 10.2. The summed E-state index contributed by atoms with van der Waals surface area (Å²) in [5, 5.41) is 3.25. The maximum absolute atomic E-state index is 12.6. The quantitative estimate of drug-likeness (QED) is 0.347. The van der Waals surface area contributed by atoms with Gasteiger partial charge in [0.15, 0.2) is 0 Å². The summed E-state index contributed by atoms with van der Waals surface area (Å²) in [6.07, 6.45) is 8.34. The predicted octanol–water partition coefficient (Wildman–Crippen LogP) is 5.54. The van der Waals surface area contributed by atoms with Crippen LogP contribution in [0.2, 0.25) is 0 Å². The minimum Gasteiger partial charge on any atom is -0.444 e. The number of hydrogen-bond acceptors (Lipinski definition) is 3. The third-order valence-electron chi connectivity index (χ3n) is 4.61. The van der Waals surface area contributed by atoms with Crippen molar-refractivity contribution < 1.29 is 9.53 Å². The summed E-state index contributed by atoms with van der Waals surface area (Å²) in [6.45, 7) is 22.6. The van der Waals surface area contributed by atoms with E-state index in [0.717, 1.165) is 36.0 Å². The minimum atomic E-state index is -0.531. The number of nitrogens with zero attached hydrogens (tertiary/aromatic N) is 2. The van der Waals surface area contributed by atoms with Crippen molar-refractivity contribution in [3.63, 3.8) is 0 Å². The van der Waals surface area contributed by atoms with Gasteiger partial charge in [0.1, 0.15) is 11.4 Å². The van der Waals surface area contributed by atoms with Crippen LogP contribution in [-0.2, 0) is 4.74 Å². The van der Waals surface area contributed by atoms with Gasteiger partial charge in [-0.3, -0.25) is 9.89 Å². The molecule has 1 heterocycles. The average Bonchev–Trinajstić information content (AvgIpc) is 3.12. The van der Waals surface area contributed by atoms with Gasteiger partial charge in [-0.1, -0.05) is 44.9 Å². The van der Waals surface area contributed by atoms with Crippen LogP contribution >= 0.6 is 0 Å². The van der Waals surface area contributed by atoms with Crippen molar-refractivity contribution in [3.05, 3.63) is 60.4 Å². The summed E-state index contributed by atoms with van der Waals surface area (Å²) in [6, 6.07) is -0.159. The van der Waals surface area contributed by atoms with Crippen LogP contribution in [0.1, 0.15) is 53.9 Å². The van der Waals surface area contributed by atoms with Crippen LogP contribution in [0.4, 0.5) is 4.79 Å². The molecule has 1 aliphatic rings. The van der Waals surface area contributed by atoms with Crippen molar-refractivity contribution in [1.29, 1.82) is 0 Å². The summed E-state index contributed by atoms with van der Waals surface area (Å²) >= 11 is 0.